The van der Waals surface area contributed by atoms with Crippen molar-refractivity contribution in [3.63, 3.8) is 0 Å². The van der Waals surface area contributed by atoms with Crippen LogP contribution in [0.3, 0.4) is 0 Å². The van der Waals surface area contributed by atoms with E-state index in [0.717, 1.165) is 20.4 Å². The average Bonchev–Trinajstić information content (AvgIpc) is 2.37. The molecule has 0 aliphatic carbocycles. The minimum absolute atomic E-state index is 0.409. The molecule has 0 bridgehead atoms. The number of carbonyl (C=O) groups excluding carboxylic acids is 1. The monoisotopic (exact) mass is 367 g/mol. The maximum atomic E-state index is 11.1. The standard InChI is InChI=1S/C15H14INO2/c1-10-7-11(15(17)18)5-6-12(10)9-19-14-4-2-3-13(16)8-14/h2-8H,9H2,1H3,(H2,17,18). The van der Waals surface area contributed by atoms with Crippen molar-refractivity contribution >= 4 is 28.5 Å². The van der Waals surface area contributed by atoms with Crippen molar-refractivity contribution in [2.45, 2.75) is 13.5 Å². The Labute approximate surface area is 125 Å². The van der Waals surface area contributed by atoms with Crippen LogP contribution in [-0.2, 0) is 6.61 Å². The summed E-state index contributed by atoms with van der Waals surface area (Å²) < 4.78 is 6.87. The third kappa shape index (κ3) is 3.70. The second-order valence-corrected chi connectivity index (χ2v) is 5.50. The summed E-state index contributed by atoms with van der Waals surface area (Å²) >= 11 is 2.25. The van der Waals surface area contributed by atoms with Gasteiger partial charge < -0.3 is 10.5 Å². The molecule has 0 fully saturated rings. The van der Waals surface area contributed by atoms with Crippen molar-refractivity contribution in [2.75, 3.05) is 0 Å². The van der Waals surface area contributed by atoms with Crippen molar-refractivity contribution in [3.05, 3.63) is 62.7 Å². The van der Waals surface area contributed by atoms with E-state index in [2.05, 4.69) is 22.6 Å². The first-order valence-electron chi connectivity index (χ1n) is 5.84. The molecule has 0 aliphatic rings. The van der Waals surface area contributed by atoms with Gasteiger partial charge in [-0.2, -0.15) is 0 Å². The van der Waals surface area contributed by atoms with Gasteiger partial charge in [-0.15, -0.1) is 0 Å². The van der Waals surface area contributed by atoms with Gasteiger partial charge in [0.2, 0.25) is 5.91 Å². The van der Waals surface area contributed by atoms with Gasteiger partial charge in [-0.25, -0.2) is 0 Å². The van der Waals surface area contributed by atoms with Crippen LogP contribution in [0, 0.1) is 10.5 Å². The molecule has 2 N–H and O–H groups in total. The maximum absolute atomic E-state index is 11.1. The fourth-order valence-electron chi connectivity index (χ4n) is 1.73. The number of hydrogen-bond acceptors (Lipinski definition) is 2. The quantitative estimate of drug-likeness (QED) is 0.844. The number of carbonyl (C=O) groups is 1. The highest BCUT2D eigenvalue weighted by molar-refractivity contribution is 14.1. The Morgan fingerprint density at radius 2 is 2.05 bits per heavy atom. The molecule has 2 rings (SSSR count). The van der Waals surface area contributed by atoms with Gasteiger partial charge in [-0.05, 0) is 71.0 Å². The lowest BCUT2D eigenvalue weighted by Gasteiger charge is -2.10. The topological polar surface area (TPSA) is 52.3 Å². The van der Waals surface area contributed by atoms with Crippen LogP contribution in [0.25, 0.3) is 0 Å². The van der Waals surface area contributed by atoms with Crippen LogP contribution in [0.4, 0.5) is 0 Å². The number of halogens is 1. The smallest absolute Gasteiger partial charge is 0.248 e. The number of ether oxygens (including phenoxy) is 1. The van der Waals surface area contributed by atoms with Gasteiger partial charge >= 0.3 is 0 Å². The summed E-state index contributed by atoms with van der Waals surface area (Å²) in [6.07, 6.45) is 0. The number of rotatable bonds is 4. The second kappa shape index (κ2) is 6.06. The van der Waals surface area contributed by atoms with Crippen LogP contribution < -0.4 is 10.5 Å². The lowest BCUT2D eigenvalue weighted by Crippen LogP contribution is -2.11. The van der Waals surface area contributed by atoms with E-state index in [1.165, 1.54) is 0 Å². The molecule has 3 nitrogen and oxygen atoms in total. The first-order valence-corrected chi connectivity index (χ1v) is 6.92. The lowest BCUT2D eigenvalue weighted by atomic mass is 10.1. The molecule has 2 aromatic carbocycles. The van der Waals surface area contributed by atoms with Crippen molar-refractivity contribution in [3.8, 4) is 5.75 Å². The molecule has 4 heteroatoms. The van der Waals surface area contributed by atoms with Crippen LogP contribution in [-0.4, -0.2) is 5.91 Å². The Morgan fingerprint density at radius 1 is 1.26 bits per heavy atom. The first kappa shape index (κ1) is 13.9. The molecule has 0 radical (unpaired) electrons. The van der Waals surface area contributed by atoms with Gasteiger partial charge in [-0.3, -0.25) is 4.79 Å². The Bertz CT molecular complexity index is 611. The minimum atomic E-state index is -0.409. The molecular formula is C15H14INO2. The molecule has 2 aromatic rings. The number of aryl methyl sites for hydroxylation is 1. The molecule has 1 amide bonds. The summed E-state index contributed by atoms with van der Waals surface area (Å²) in [5, 5.41) is 0. The van der Waals surface area contributed by atoms with E-state index in [4.69, 9.17) is 10.5 Å². The van der Waals surface area contributed by atoms with Gasteiger partial charge in [0, 0.05) is 9.13 Å². The first-order chi connectivity index (χ1) is 9.06. The zero-order valence-electron chi connectivity index (χ0n) is 10.5. The van der Waals surface area contributed by atoms with Crippen LogP contribution in [0.2, 0.25) is 0 Å². The van der Waals surface area contributed by atoms with E-state index in [9.17, 15) is 4.79 Å². The highest BCUT2D eigenvalue weighted by Gasteiger charge is 2.05. The summed E-state index contributed by atoms with van der Waals surface area (Å²) in [5.41, 5.74) is 7.81. The highest BCUT2D eigenvalue weighted by Crippen LogP contribution is 2.18. The highest BCUT2D eigenvalue weighted by atomic mass is 127. The molecular weight excluding hydrogens is 353 g/mol. The Kier molecular flexibility index (Phi) is 4.42. The third-order valence-corrected chi connectivity index (χ3v) is 3.49. The maximum Gasteiger partial charge on any atom is 0.248 e. The Balaban J connectivity index is 2.10. The van der Waals surface area contributed by atoms with E-state index in [-0.39, 0.29) is 0 Å². The molecule has 0 aliphatic heterocycles. The van der Waals surface area contributed by atoms with Crippen molar-refractivity contribution in [1.82, 2.24) is 0 Å². The largest absolute Gasteiger partial charge is 0.489 e. The molecule has 98 valence electrons. The summed E-state index contributed by atoms with van der Waals surface area (Å²) in [6, 6.07) is 13.3. The van der Waals surface area contributed by atoms with Crippen molar-refractivity contribution in [2.24, 2.45) is 5.73 Å². The second-order valence-electron chi connectivity index (χ2n) is 4.25. The normalized spacial score (nSPS) is 10.2. The van der Waals surface area contributed by atoms with Crippen molar-refractivity contribution in [1.29, 1.82) is 0 Å². The Morgan fingerprint density at radius 3 is 2.68 bits per heavy atom. The minimum Gasteiger partial charge on any atom is -0.489 e. The van der Waals surface area contributed by atoms with E-state index >= 15 is 0 Å². The predicted molar refractivity (Wildman–Crippen MR) is 83.2 cm³/mol. The number of hydrogen-bond donors (Lipinski definition) is 1. The van der Waals surface area contributed by atoms with Gasteiger partial charge in [0.15, 0.2) is 0 Å². The fraction of sp³-hybridized carbons (Fsp3) is 0.133. The van der Waals surface area contributed by atoms with E-state index in [1.54, 1.807) is 12.1 Å². The summed E-state index contributed by atoms with van der Waals surface area (Å²) in [6.45, 7) is 2.42. The fourth-order valence-corrected chi connectivity index (χ4v) is 2.24. The number of primary amides is 1. The van der Waals surface area contributed by atoms with Crippen LogP contribution in [0.15, 0.2) is 42.5 Å². The Hall–Kier alpha value is -1.56. The van der Waals surface area contributed by atoms with Gasteiger partial charge in [0.05, 0.1) is 0 Å². The van der Waals surface area contributed by atoms with Gasteiger partial charge in [0.25, 0.3) is 0 Å². The van der Waals surface area contributed by atoms with Crippen LogP contribution in [0.5, 0.6) is 5.75 Å². The summed E-state index contributed by atoms with van der Waals surface area (Å²) in [5.74, 6) is 0.429. The zero-order valence-corrected chi connectivity index (χ0v) is 12.7. The molecule has 0 heterocycles. The summed E-state index contributed by atoms with van der Waals surface area (Å²) in [7, 11) is 0. The molecule has 0 atom stereocenters. The van der Waals surface area contributed by atoms with E-state index < -0.39 is 5.91 Å². The van der Waals surface area contributed by atoms with E-state index in [1.807, 2.05) is 37.3 Å². The number of nitrogens with two attached hydrogens (primary N) is 1. The van der Waals surface area contributed by atoms with Crippen molar-refractivity contribution < 1.29 is 9.53 Å². The molecule has 19 heavy (non-hydrogen) atoms. The third-order valence-electron chi connectivity index (χ3n) is 2.82. The lowest BCUT2D eigenvalue weighted by molar-refractivity contribution is 0.1000. The molecule has 0 aromatic heterocycles. The van der Waals surface area contributed by atoms with Gasteiger partial charge in [-0.1, -0.05) is 12.1 Å². The van der Waals surface area contributed by atoms with E-state index in [0.29, 0.717) is 12.2 Å². The van der Waals surface area contributed by atoms with Crippen LogP contribution in [0.1, 0.15) is 21.5 Å². The SMILES string of the molecule is Cc1cc(C(N)=O)ccc1COc1cccc(I)c1. The number of benzene rings is 2. The molecule has 0 unspecified atom stereocenters. The molecule has 0 saturated heterocycles. The van der Waals surface area contributed by atoms with Crippen LogP contribution >= 0.6 is 22.6 Å². The molecule has 0 saturated carbocycles. The number of amides is 1. The average molecular weight is 367 g/mol. The predicted octanol–water partition coefficient (Wildman–Crippen LogP) is 3.28. The zero-order chi connectivity index (χ0) is 13.8. The van der Waals surface area contributed by atoms with Gasteiger partial charge in [0.1, 0.15) is 12.4 Å². The summed E-state index contributed by atoms with van der Waals surface area (Å²) in [4.78, 5) is 11.1. The molecule has 0 spiro atoms.